The van der Waals surface area contributed by atoms with Crippen molar-refractivity contribution in [2.24, 2.45) is 5.73 Å². The zero-order valence-electron chi connectivity index (χ0n) is 15.4. The van der Waals surface area contributed by atoms with Gasteiger partial charge in [-0.2, -0.15) is 0 Å². The molecule has 1 aliphatic heterocycles. The summed E-state index contributed by atoms with van der Waals surface area (Å²) in [5, 5.41) is 2.96. The Kier molecular flexibility index (Phi) is 8.25. The number of benzene rings is 2. The number of hydrogen-bond donors (Lipinski definition) is 2. The summed E-state index contributed by atoms with van der Waals surface area (Å²) in [6, 6.07) is 18.2. The van der Waals surface area contributed by atoms with Gasteiger partial charge < -0.3 is 20.5 Å². The number of halogens is 1. The van der Waals surface area contributed by atoms with Crippen molar-refractivity contribution in [3.05, 3.63) is 71.3 Å². The highest BCUT2D eigenvalue weighted by molar-refractivity contribution is 5.86. The maximum Gasteiger partial charge on any atom is 0.240 e. The molecule has 27 heavy (non-hydrogen) atoms. The van der Waals surface area contributed by atoms with E-state index in [4.69, 9.17) is 15.2 Å². The fraction of sp³-hybridized carbons (Fsp3) is 0.381. The number of amides is 1. The van der Waals surface area contributed by atoms with Crippen molar-refractivity contribution >= 4 is 18.3 Å². The van der Waals surface area contributed by atoms with Crippen molar-refractivity contribution in [1.29, 1.82) is 0 Å². The summed E-state index contributed by atoms with van der Waals surface area (Å²) in [6.45, 7) is 2.66. The Hall–Kier alpha value is -1.92. The van der Waals surface area contributed by atoms with Crippen molar-refractivity contribution in [2.75, 3.05) is 13.2 Å². The summed E-state index contributed by atoms with van der Waals surface area (Å²) in [7, 11) is 0. The highest BCUT2D eigenvalue weighted by Gasteiger charge is 2.35. The van der Waals surface area contributed by atoms with Crippen LogP contribution in [-0.4, -0.2) is 24.7 Å². The second-order valence-electron chi connectivity index (χ2n) is 6.75. The van der Waals surface area contributed by atoms with E-state index >= 15 is 0 Å². The quantitative estimate of drug-likeness (QED) is 0.762. The van der Waals surface area contributed by atoms with Gasteiger partial charge in [0.15, 0.2) is 0 Å². The SMILES string of the molecule is Cl.NC1(C(=O)NCc2cccc(COCc3ccccc3)c2)CCOCC1. The van der Waals surface area contributed by atoms with Gasteiger partial charge in [-0.3, -0.25) is 4.79 Å². The molecule has 0 radical (unpaired) electrons. The molecule has 0 saturated carbocycles. The minimum atomic E-state index is -0.811. The first kappa shape index (κ1) is 21.4. The number of hydrogen-bond acceptors (Lipinski definition) is 4. The van der Waals surface area contributed by atoms with E-state index in [1.54, 1.807) is 0 Å². The molecule has 3 N–H and O–H groups in total. The molecule has 1 saturated heterocycles. The monoisotopic (exact) mass is 390 g/mol. The Morgan fingerprint density at radius 3 is 2.37 bits per heavy atom. The molecule has 1 heterocycles. The molecule has 3 rings (SSSR count). The largest absolute Gasteiger partial charge is 0.381 e. The summed E-state index contributed by atoms with van der Waals surface area (Å²) >= 11 is 0. The Morgan fingerprint density at radius 1 is 1.00 bits per heavy atom. The van der Waals surface area contributed by atoms with Gasteiger partial charge in [0.1, 0.15) is 0 Å². The zero-order valence-corrected chi connectivity index (χ0v) is 16.2. The molecule has 1 fully saturated rings. The van der Waals surface area contributed by atoms with Crippen LogP contribution in [0.1, 0.15) is 29.5 Å². The maximum absolute atomic E-state index is 12.4. The van der Waals surface area contributed by atoms with E-state index in [9.17, 15) is 4.79 Å². The van der Waals surface area contributed by atoms with Crippen LogP contribution in [0.3, 0.4) is 0 Å². The lowest BCUT2D eigenvalue weighted by Gasteiger charge is -2.31. The molecule has 0 spiro atoms. The highest BCUT2D eigenvalue weighted by Crippen LogP contribution is 2.18. The third-order valence-electron chi connectivity index (χ3n) is 4.66. The van der Waals surface area contributed by atoms with E-state index in [0.29, 0.717) is 45.8 Å². The maximum atomic E-state index is 12.4. The van der Waals surface area contributed by atoms with Gasteiger partial charge in [-0.15, -0.1) is 12.4 Å². The second-order valence-corrected chi connectivity index (χ2v) is 6.75. The minimum absolute atomic E-state index is 0. The van der Waals surface area contributed by atoms with E-state index in [1.807, 2.05) is 48.5 Å². The first-order valence-corrected chi connectivity index (χ1v) is 9.00. The first-order chi connectivity index (χ1) is 12.7. The minimum Gasteiger partial charge on any atom is -0.381 e. The van der Waals surface area contributed by atoms with Crippen LogP contribution in [0.15, 0.2) is 54.6 Å². The lowest BCUT2D eigenvalue weighted by Crippen LogP contribution is -2.56. The fourth-order valence-electron chi connectivity index (χ4n) is 3.01. The third-order valence-corrected chi connectivity index (χ3v) is 4.66. The second kappa shape index (κ2) is 10.4. The Morgan fingerprint density at radius 2 is 1.63 bits per heavy atom. The predicted octanol–water partition coefficient (Wildman–Crippen LogP) is 2.95. The Balaban J connectivity index is 0.00000261. The van der Waals surface area contributed by atoms with E-state index in [1.165, 1.54) is 0 Å². The van der Waals surface area contributed by atoms with Crippen LogP contribution in [0.4, 0.5) is 0 Å². The average molecular weight is 391 g/mol. The summed E-state index contributed by atoms with van der Waals surface area (Å²) < 4.78 is 11.1. The van der Waals surface area contributed by atoms with E-state index in [0.717, 1.165) is 16.7 Å². The van der Waals surface area contributed by atoms with E-state index in [2.05, 4.69) is 11.4 Å². The number of rotatable bonds is 7. The molecule has 0 atom stereocenters. The van der Waals surface area contributed by atoms with Crippen LogP contribution in [0.25, 0.3) is 0 Å². The molecule has 0 aliphatic carbocycles. The number of nitrogens with one attached hydrogen (secondary N) is 1. The lowest BCUT2D eigenvalue weighted by molar-refractivity contribution is -0.129. The number of carbonyl (C=O) groups is 1. The van der Waals surface area contributed by atoms with Crippen LogP contribution in [0, 0.1) is 0 Å². The normalized spacial score (nSPS) is 15.6. The van der Waals surface area contributed by atoms with Crippen LogP contribution in [0.2, 0.25) is 0 Å². The molecule has 5 nitrogen and oxygen atoms in total. The summed E-state index contributed by atoms with van der Waals surface area (Å²) in [5.74, 6) is -0.105. The fourth-order valence-corrected chi connectivity index (χ4v) is 3.01. The number of ether oxygens (including phenoxy) is 2. The van der Waals surface area contributed by atoms with Gasteiger partial charge in [0.2, 0.25) is 5.91 Å². The highest BCUT2D eigenvalue weighted by atomic mass is 35.5. The topological polar surface area (TPSA) is 73.6 Å². The van der Waals surface area contributed by atoms with Crippen molar-refractivity contribution in [3.63, 3.8) is 0 Å². The molecule has 146 valence electrons. The average Bonchev–Trinajstić information content (AvgIpc) is 2.68. The molecule has 6 heteroatoms. The first-order valence-electron chi connectivity index (χ1n) is 9.00. The number of carbonyl (C=O) groups excluding carboxylic acids is 1. The van der Waals surface area contributed by atoms with Gasteiger partial charge in [-0.05, 0) is 29.5 Å². The number of nitrogens with two attached hydrogens (primary N) is 1. The molecule has 1 aliphatic rings. The van der Waals surface area contributed by atoms with Gasteiger partial charge in [0, 0.05) is 19.8 Å². The standard InChI is InChI=1S/C21H26N2O3.ClH/c22-21(9-11-25-12-10-21)20(24)23-14-18-7-4-8-19(13-18)16-26-15-17-5-2-1-3-6-17;/h1-8,13H,9-12,14-16,22H2,(H,23,24);1H. The molecule has 0 unspecified atom stereocenters. The summed E-state index contributed by atoms with van der Waals surface area (Å²) in [6.07, 6.45) is 1.12. The molecule has 2 aromatic carbocycles. The van der Waals surface area contributed by atoms with Gasteiger partial charge in [0.05, 0.1) is 18.8 Å². The van der Waals surface area contributed by atoms with Crippen molar-refractivity contribution < 1.29 is 14.3 Å². The molecule has 1 amide bonds. The molecular weight excluding hydrogens is 364 g/mol. The van der Waals surface area contributed by atoms with Crippen LogP contribution in [-0.2, 0) is 34.0 Å². The van der Waals surface area contributed by atoms with Crippen molar-refractivity contribution in [2.45, 2.75) is 38.1 Å². The van der Waals surface area contributed by atoms with Gasteiger partial charge in [-0.25, -0.2) is 0 Å². The van der Waals surface area contributed by atoms with Gasteiger partial charge in [0.25, 0.3) is 0 Å². The molecular formula is C21H27ClN2O3. The summed E-state index contributed by atoms with van der Waals surface area (Å²) in [5.41, 5.74) is 8.67. The van der Waals surface area contributed by atoms with Crippen molar-refractivity contribution in [3.8, 4) is 0 Å². The van der Waals surface area contributed by atoms with E-state index < -0.39 is 5.54 Å². The van der Waals surface area contributed by atoms with Gasteiger partial charge in [-0.1, -0.05) is 54.6 Å². The van der Waals surface area contributed by atoms with E-state index in [-0.39, 0.29) is 18.3 Å². The van der Waals surface area contributed by atoms with Gasteiger partial charge >= 0.3 is 0 Å². The molecule has 2 aromatic rings. The third kappa shape index (κ3) is 6.33. The zero-order chi connectivity index (χ0) is 18.2. The predicted molar refractivity (Wildman–Crippen MR) is 107 cm³/mol. The van der Waals surface area contributed by atoms with Crippen molar-refractivity contribution in [1.82, 2.24) is 5.32 Å². The summed E-state index contributed by atoms with van der Waals surface area (Å²) in [4.78, 5) is 12.4. The smallest absolute Gasteiger partial charge is 0.240 e. The Labute approximate surface area is 166 Å². The van der Waals surface area contributed by atoms with Crippen LogP contribution < -0.4 is 11.1 Å². The lowest BCUT2D eigenvalue weighted by atomic mass is 9.90. The van der Waals surface area contributed by atoms with Crippen LogP contribution >= 0.6 is 12.4 Å². The molecule has 0 bridgehead atoms. The van der Waals surface area contributed by atoms with Crippen LogP contribution in [0.5, 0.6) is 0 Å². The Bertz CT molecular complexity index is 718. The molecule has 0 aromatic heterocycles.